The average Bonchev–Trinajstić information content (AvgIpc) is 2.75. The Hall–Kier alpha value is -2.58. The minimum absolute atomic E-state index is 0.296. The summed E-state index contributed by atoms with van der Waals surface area (Å²) in [6.45, 7) is 2.97. The number of carbonyl (C=O) groups is 1. The molecule has 2 aromatic rings. The lowest BCUT2D eigenvalue weighted by atomic mass is 9.97. The van der Waals surface area contributed by atoms with E-state index in [2.05, 4.69) is 5.32 Å². The van der Waals surface area contributed by atoms with Gasteiger partial charge in [-0.3, -0.25) is 0 Å². The van der Waals surface area contributed by atoms with Gasteiger partial charge in [0.2, 0.25) is 0 Å². The van der Waals surface area contributed by atoms with Gasteiger partial charge in [-0.15, -0.1) is 0 Å². The number of hydrogen-bond donors (Lipinski definition) is 2. The van der Waals surface area contributed by atoms with Crippen molar-refractivity contribution in [2.45, 2.75) is 37.5 Å². The van der Waals surface area contributed by atoms with Gasteiger partial charge in [0.05, 0.1) is 0 Å². The van der Waals surface area contributed by atoms with Gasteiger partial charge in [-0.25, -0.2) is 19.7 Å². The van der Waals surface area contributed by atoms with Crippen molar-refractivity contribution in [2.24, 2.45) is 5.73 Å². The van der Waals surface area contributed by atoms with Crippen LogP contribution in [0.3, 0.4) is 0 Å². The molecular weight excluding hydrogens is 358 g/mol. The second-order valence-electron chi connectivity index (χ2n) is 7.22. The summed E-state index contributed by atoms with van der Waals surface area (Å²) in [7, 11) is 0. The number of carbonyl (C=O) groups excluding carboxylic acids is 1. The average molecular weight is 383 g/mol. The summed E-state index contributed by atoms with van der Waals surface area (Å²) in [5.74, 6) is 2.97. The SMILES string of the molecule is NC(=O)Nc1ccc(-c2nc(C3CCOCC3)nc(C3CCOCC3)n2)cc1. The number of ether oxygens (including phenoxy) is 2. The van der Waals surface area contributed by atoms with Gasteiger partial charge >= 0.3 is 6.03 Å². The van der Waals surface area contributed by atoms with Gasteiger partial charge in [0.15, 0.2) is 5.82 Å². The summed E-state index contributed by atoms with van der Waals surface area (Å²) < 4.78 is 11.0. The van der Waals surface area contributed by atoms with Crippen molar-refractivity contribution in [2.75, 3.05) is 31.7 Å². The van der Waals surface area contributed by atoms with Gasteiger partial charge in [-0.1, -0.05) is 0 Å². The van der Waals surface area contributed by atoms with E-state index >= 15 is 0 Å². The van der Waals surface area contributed by atoms with Crippen LogP contribution in [0.15, 0.2) is 24.3 Å². The number of nitrogens with one attached hydrogen (secondary N) is 1. The third-order valence-corrected chi connectivity index (χ3v) is 5.25. The zero-order valence-electron chi connectivity index (χ0n) is 15.8. The van der Waals surface area contributed by atoms with Gasteiger partial charge in [0.25, 0.3) is 0 Å². The Balaban J connectivity index is 1.67. The van der Waals surface area contributed by atoms with Crippen molar-refractivity contribution in [3.63, 3.8) is 0 Å². The first-order valence-corrected chi connectivity index (χ1v) is 9.77. The molecule has 2 aliphatic heterocycles. The van der Waals surface area contributed by atoms with Crippen LogP contribution in [0.2, 0.25) is 0 Å². The molecule has 2 saturated heterocycles. The van der Waals surface area contributed by atoms with E-state index in [1.807, 2.05) is 12.1 Å². The quantitative estimate of drug-likeness (QED) is 0.839. The Bertz CT molecular complexity index is 779. The van der Waals surface area contributed by atoms with Crippen LogP contribution in [-0.2, 0) is 9.47 Å². The van der Waals surface area contributed by atoms with Crippen molar-refractivity contribution in [1.82, 2.24) is 15.0 Å². The molecule has 1 aromatic carbocycles. The smallest absolute Gasteiger partial charge is 0.316 e. The van der Waals surface area contributed by atoms with Crippen molar-refractivity contribution < 1.29 is 14.3 Å². The molecule has 0 radical (unpaired) electrons. The van der Waals surface area contributed by atoms with E-state index in [0.717, 1.165) is 69.3 Å². The first-order chi connectivity index (χ1) is 13.7. The molecule has 0 bridgehead atoms. The number of aromatic nitrogens is 3. The molecule has 0 atom stereocenters. The summed E-state index contributed by atoms with van der Waals surface area (Å²) in [6.07, 6.45) is 3.71. The second-order valence-corrected chi connectivity index (χ2v) is 7.22. The van der Waals surface area contributed by atoms with Crippen molar-refractivity contribution in [1.29, 1.82) is 0 Å². The number of nitrogens with two attached hydrogens (primary N) is 1. The molecule has 4 rings (SSSR count). The summed E-state index contributed by atoms with van der Waals surface area (Å²) >= 11 is 0. The van der Waals surface area contributed by atoms with Crippen LogP contribution in [0.1, 0.15) is 49.2 Å². The van der Waals surface area contributed by atoms with Crippen LogP contribution in [0.25, 0.3) is 11.4 Å². The predicted molar refractivity (Wildman–Crippen MR) is 104 cm³/mol. The minimum Gasteiger partial charge on any atom is -0.381 e. The molecule has 0 aliphatic carbocycles. The maximum atomic E-state index is 11.0. The fraction of sp³-hybridized carbons (Fsp3) is 0.500. The summed E-state index contributed by atoms with van der Waals surface area (Å²) in [4.78, 5) is 25.5. The number of hydrogen-bond acceptors (Lipinski definition) is 6. The fourth-order valence-electron chi connectivity index (χ4n) is 3.66. The Morgan fingerprint density at radius 1 is 0.857 bits per heavy atom. The standard InChI is InChI=1S/C20H25N5O3/c21-20(26)22-16-3-1-13(2-4-16)17-23-18(14-5-9-27-10-6-14)25-19(24-17)15-7-11-28-12-8-15/h1-4,14-15H,5-12H2,(H3,21,22,26). The molecule has 3 N–H and O–H groups in total. The van der Waals surface area contributed by atoms with E-state index in [1.165, 1.54) is 0 Å². The van der Waals surface area contributed by atoms with E-state index in [4.69, 9.17) is 30.2 Å². The number of nitrogens with zero attached hydrogens (tertiary/aromatic N) is 3. The normalized spacial score (nSPS) is 18.7. The molecule has 8 nitrogen and oxygen atoms in total. The molecular formula is C20H25N5O3. The maximum absolute atomic E-state index is 11.0. The van der Waals surface area contributed by atoms with Crippen molar-refractivity contribution >= 4 is 11.7 Å². The van der Waals surface area contributed by atoms with E-state index in [0.29, 0.717) is 23.3 Å². The lowest BCUT2D eigenvalue weighted by molar-refractivity contribution is 0.0811. The largest absolute Gasteiger partial charge is 0.381 e. The molecule has 0 saturated carbocycles. The molecule has 8 heteroatoms. The molecule has 1 aromatic heterocycles. The number of anilines is 1. The van der Waals surface area contributed by atoms with Crippen LogP contribution in [0.5, 0.6) is 0 Å². The zero-order chi connectivity index (χ0) is 19.3. The Kier molecular flexibility index (Phi) is 5.78. The topological polar surface area (TPSA) is 112 Å². The molecule has 2 amide bonds. The Morgan fingerprint density at radius 2 is 1.36 bits per heavy atom. The molecule has 2 fully saturated rings. The Labute approximate surface area is 163 Å². The third kappa shape index (κ3) is 4.45. The maximum Gasteiger partial charge on any atom is 0.316 e. The van der Waals surface area contributed by atoms with Crippen LogP contribution >= 0.6 is 0 Å². The fourth-order valence-corrected chi connectivity index (χ4v) is 3.66. The number of amides is 2. The summed E-state index contributed by atoms with van der Waals surface area (Å²) in [5.41, 5.74) is 6.70. The van der Waals surface area contributed by atoms with Crippen LogP contribution in [-0.4, -0.2) is 47.4 Å². The van der Waals surface area contributed by atoms with Crippen LogP contribution in [0.4, 0.5) is 10.5 Å². The highest BCUT2D eigenvalue weighted by Crippen LogP contribution is 2.30. The molecule has 0 spiro atoms. The van der Waals surface area contributed by atoms with Gasteiger partial charge in [0, 0.05) is 49.5 Å². The van der Waals surface area contributed by atoms with Gasteiger partial charge in [-0.05, 0) is 49.9 Å². The van der Waals surface area contributed by atoms with Crippen LogP contribution < -0.4 is 11.1 Å². The first kappa shape index (κ1) is 18.8. The predicted octanol–water partition coefficient (Wildman–Crippen LogP) is 2.82. The highest BCUT2D eigenvalue weighted by molar-refractivity contribution is 5.88. The van der Waals surface area contributed by atoms with Crippen molar-refractivity contribution in [3.05, 3.63) is 35.9 Å². The zero-order valence-corrected chi connectivity index (χ0v) is 15.8. The first-order valence-electron chi connectivity index (χ1n) is 9.77. The van der Waals surface area contributed by atoms with Crippen LogP contribution in [0, 0.1) is 0 Å². The van der Waals surface area contributed by atoms with E-state index in [9.17, 15) is 4.79 Å². The third-order valence-electron chi connectivity index (χ3n) is 5.25. The molecule has 0 unspecified atom stereocenters. The highest BCUT2D eigenvalue weighted by Gasteiger charge is 2.25. The highest BCUT2D eigenvalue weighted by atomic mass is 16.5. The number of benzene rings is 1. The molecule has 148 valence electrons. The molecule has 28 heavy (non-hydrogen) atoms. The molecule has 2 aliphatic rings. The van der Waals surface area contributed by atoms with Crippen molar-refractivity contribution in [3.8, 4) is 11.4 Å². The number of rotatable bonds is 4. The lowest BCUT2D eigenvalue weighted by Crippen LogP contribution is -2.21. The van der Waals surface area contributed by atoms with Gasteiger partial charge in [0.1, 0.15) is 11.6 Å². The summed E-state index contributed by atoms with van der Waals surface area (Å²) in [5, 5.41) is 2.57. The molecule has 3 heterocycles. The van der Waals surface area contributed by atoms with E-state index < -0.39 is 6.03 Å². The minimum atomic E-state index is -0.587. The number of urea groups is 1. The Morgan fingerprint density at radius 3 is 1.82 bits per heavy atom. The monoisotopic (exact) mass is 383 g/mol. The summed E-state index contributed by atoms with van der Waals surface area (Å²) in [6, 6.07) is 6.79. The van der Waals surface area contributed by atoms with E-state index in [1.54, 1.807) is 12.1 Å². The van der Waals surface area contributed by atoms with Gasteiger partial charge in [-0.2, -0.15) is 0 Å². The van der Waals surface area contributed by atoms with E-state index in [-0.39, 0.29) is 0 Å². The lowest BCUT2D eigenvalue weighted by Gasteiger charge is -2.24. The second kappa shape index (κ2) is 8.62. The number of primary amides is 1. The van der Waals surface area contributed by atoms with Gasteiger partial charge < -0.3 is 20.5 Å².